The van der Waals surface area contributed by atoms with Crippen LogP contribution in [-0.2, 0) is 0 Å². The van der Waals surface area contributed by atoms with Gasteiger partial charge in [-0.25, -0.2) is 9.67 Å². The van der Waals surface area contributed by atoms with Crippen molar-refractivity contribution < 1.29 is 18.0 Å². The summed E-state index contributed by atoms with van der Waals surface area (Å²) in [5, 5.41) is 7.55. The van der Waals surface area contributed by atoms with E-state index in [4.69, 9.17) is 0 Å². The number of carbonyl (C=O) groups excluding carboxylic acids is 1. The summed E-state index contributed by atoms with van der Waals surface area (Å²) < 4.78 is 42.2. The summed E-state index contributed by atoms with van der Waals surface area (Å²) in [5.41, 5.74) is 2.82. The average Bonchev–Trinajstić information content (AvgIpc) is 3.37. The van der Waals surface area contributed by atoms with Crippen LogP contribution >= 0.6 is 11.3 Å². The number of aromatic nitrogens is 3. The fraction of sp³-hybridized carbons (Fsp3) is 0.632. The molecule has 4 rings (SSSR count). The maximum Gasteiger partial charge on any atom is 0.410 e. The van der Waals surface area contributed by atoms with Gasteiger partial charge in [0.1, 0.15) is 10.7 Å². The third-order valence-corrected chi connectivity index (χ3v) is 6.75. The summed E-state index contributed by atoms with van der Waals surface area (Å²) in [6, 6.07) is -0.576. The molecule has 0 radical (unpaired) electrons. The molecule has 1 saturated heterocycles. The molecule has 10 heteroatoms. The van der Waals surface area contributed by atoms with Crippen molar-refractivity contribution in [2.45, 2.75) is 64.3 Å². The van der Waals surface area contributed by atoms with E-state index < -0.39 is 12.2 Å². The number of likely N-dealkylation sites (tertiary alicyclic amines) is 1. The summed E-state index contributed by atoms with van der Waals surface area (Å²) in [5.74, 6) is 0.310. The van der Waals surface area contributed by atoms with Gasteiger partial charge in [0.25, 0.3) is 5.91 Å². The minimum atomic E-state index is -4.38. The second kappa shape index (κ2) is 7.30. The molecule has 0 saturated carbocycles. The van der Waals surface area contributed by atoms with Gasteiger partial charge in [0.15, 0.2) is 6.04 Å². The number of nitrogens with zero attached hydrogens (tertiary/aromatic N) is 4. The average molecular weight is 427 g/mol. The lowest BCUT2D eigenvalue weighted by atomic mass is 9.94. The summed E-state index contributed by atoms with van der Waals surface area (Å²) >= 11 is 1.29. The van der Waals surface area contributed by atoms with Gasteiger partial charge in [-0.15, -0.1) is 11.3 Å². The lowest BCUT2D eigenvalue weighted by Gasteiger charge is -2.35. The van der Waals surface area contributed by atoms with Crippen molar-refractivity contribution in [3.05, 3.63) is 27.8 Å². The van der Waals surface area contributed by atoms with Crippen molar-refractivity contribution in [3.63, 3.8) is 0 Å². The molecular weight excluding hydrogens is 403 g/mol. The second-order valence-corrected chi connectivity index (χ2v) is 8.97. The molecule has 1 N–H and O–H groups in total. The molecule has 1 fully saturated rings. The molecular formula is C19H24F3N5OS. The minimum absolute atomic E-state index is 0.0529. The van der Waals surface area contributed by atoms with E-state index in [1.165, 1.54) is 11.3 Å². The topological polar surface area (TPSA) is 63.1 Å². The van der Waals surface area contributed by atoms with Crippen LogP contribution in [0.4, 0.5) is 19.0 Å². The molecule has 2 aliphatic rings. The predicted molar refractivity (Wildman–Crippen MR) is 104 cm³/mol. The van der Waals surface area contributed by atoms with Crippen molar-refractivity contribution in [1.82, 2.24) is 19.7 Å². The Labute approximate surface area is 171 Å². The largest absolute Gasteiger partial charge is 0.410 e. The molecule has 0 bridgehead atoms. The Morgan fingerprint density at radius 2 is 2.14 bits per heavy atom. The number of fused-ring (bicyclic) bond motifs is 1. The van der Waals surface area contributed by atoms with Crippen LogP contribution < -0.4 is 5.32 Å². The van der Waals surface area contributed by atoms with E-state index in [0.29, 0.717) is 35.0 Å². The molecule has 29 heavy (non-hydrogen) atoms. The van der Waals surface area contributed by atoms with Crippen molar-refractivity contribution >= 4 is 23.1 Å². The van der Waals surface area contributed by atoms with Crippen LogP contribution in [0.2, 0.25) is 0 Å². The number of carbonyl (C=O) groups is 1. The Hall–Kier alpha value is -2.10. The normalized spacial score (nSPS) is 24.7. The van der Waals surface area contributed by atoms with Gasteiger partial charge in [-0.2, -0.15) is 18.3 Å². The van der Waals surface area contributed by atoms with Crippen LogP contribution in [0.1, 0.15) is 66.3 Å². The molecule has 4 heterocycles. The number of nitrogens with one attached hydrogen (secondary N) is 1. The Bertz CT molecular complexity index is 906. The smallest absolute Gasteiger partial charge is 0.367 e. The van der Waals surface area contributed by atoms with E-state index in [2.05, 4.69) is 15.4 Å². The maximum absolute atomic E-state index is 13.7. The maximum atomic E-state index is 13.7. The van der Waals surface area contributed by atoms with Gasteiger partial charge >= 0.3 is 6.18 Å². The highest BCUT2D eigenvalue weighted by Crippen LogP contribution is 2.43. The molecule has 6 nitrogen and oxygen atoms in total. The Balaban J connectivity index is 1.66. The molecule has 3 atom stereocenters. The zero-order valence-corrected chi connectivity index (χ0v) is 17.3. The number of hydrogen-bond acceptors (Lipinski definition) is 5. The first-order valence-electron chi connectivity index (χ1n) is 9.80. The lowest BCUT2D eigenvalue weighted by molar-refractivity contribution is -0.174. The van der Waals surface area contributed by atoms with Gasteiger partial charge in [-0.1, -0.05) is 13.8 Å². The first-order valence-corrected chi connectivity index (χ1v) is 10.7. The third kappa shape index (κ3) is 3.62. The minimum Gasteiger partial charge on any atom is -0.367 e. The van der Waals surface area contributed by atoms with Crippen LogP contribution in [0.5, 0.6) is 0 Å². The van der Waals surface area contributed by atoms with Crippen LogP contribution in [-0.4, -0.2) is 44.3 Å². The van der Waals surface area contributed by atoms with Crippen molar-refractivity contribution in [1.29, 1.82) is 0 Å². The summed E-state index contributed by atoms with van der Waals surface area (Å²) in [6.07, 6.45) is -2.95. The molecule has 2 aliphatic heterocycles. The molecule has 0 aliphatic carbocycles. The fourth-order valence-electron chi connectivity index (χ4n) is 4.18. The Kier molecular flexibility index (Phi) is 5.08. The molecule has 1 unspecified atom stereocenters. The van der Waals surface area contributed by atoms with Crippen LogP contribution in [0.3, 0.4) is 0 Å². The van der Waals surface area contributed by atoms with Crippen LogP contribution in [0.25, 0.3) is 0 Å². The molecule has 1 amide bonds. The van der Waals surface area contributed by atoms with Crippen LogP contribution in [0, 0.1) is 12.8 Å². The number of aryl methyl sites for hydroxylation is 1. The highest BCUT2D eigenvalue weighted by molar-refractivity contribution is 7.11. The van der Waals surface area contributed by atoms with E-state index in [-0.39, 0.29) is 30.3 Å². The van der Waals surface area contributed by atoms with E-state index in [1.807, 2.05) is 13.8 Å². The lowest BCUT2D eigenvalue weighted by Crippen LogP contribution is -2.41. The molecule has 2 aromatic rings. The highest BCUT2D eigenvalue weighted by atomic mass is 32.1. The monoisotopic (exact) mass is 427 g/mol. The van der Waals surface area contributed by atoms with E-state index >= 15 is 0 Å². The number of anilines is 1. The molecule has 0 aromatic carbocycles. The predicted octanol–water partition coefficient (Wildman–Crippen LogP) is 4.57. The van der Waals surface area contributed by atoms with Gasteiger partial charge in [-0.3, -0.25) is 4.79 Å². The number of thiazole rings is 1. The van der Waals surface area contributed by atoms with Gasteiger partial charge < -0.3 is 10.2 Å². The SMILES string of the molecule is Cc1ncsc1C(=O)N1CCCC1c1cc2n(n1)[C@@H](C(F)(F)F)C[C@@H](C(C)C)N2. The van der Waals surface area contributed by atoms with Gasteiger partial charge in [0.05, 0.1) is 22.9 Å². The van der Waals surface area contributed by atoms with Gasteiger partial charge in [-0.05, 0) is 32.1 Å². The second-order valence-electron chi connectivity index (χ2n) is 8.11. The number of alkyl halides is 3. The van der Waals surface area contributed by atoms with Crippen molar-refractivity contribution in [2.24, 2.45) is 5.92 Å². The quantitative estimate of drug-likeness (QED) is 0.780. The zero-order valence-electron chi connectivity index (χ0n) is 16.5. The number of amides is 1. The third-order valence-electron chi connectivity index (χ3n) is 5.84. The number of rotatable bonds is 3. The Morgan fingerprint density at radius 1 is 1.38 bits per heavy atom. The van der Waals surface area contributed by atoms with Gasteiger partial charge in [0, 0.05) is 18.7 Å². The molecule has 158 valence electrons. The first kappa shape index (κ1) is 20.2. The highest BCUT2D eigenvalue weighted by Gasteiger charge is 2.47. The number of hydrogen-bond donors (Lipinski definition) is 1. The van der Waals surface area contributed by atoms with Crippen LogP contribution in [0.15, 0.2) is 11.6 Å². The number of halogens is 3. The van der Waals surface area contributed by atoms with E-state index in [9.17, 15) is 18.0 Å². The molecule has 2 aromatic heterocycles. The van der Waals surface area contributed by atoms with E-state index in [1.54, 1.807) is 23.4 Å². The van der Waals surface area contributed by atoms with E-state index in [0.717, 1.165) is 11.1 Å². The standard InChI is InChI=1S/C19H24F3N5OS/c1-10(2)12-7-15(19(20,21)22)27-16(24-12)8-13(25-27)14-5-4-6-26(14)18(28)17-11(3)23-9-29-17/h8-10,12,14-15,24H,4-7H2,1-3H3/t12-,14?,15+/m0/s1. The van der Waals surface area contributed by atoms with Gasteiger partial charge in [0.2, 0.25) is 0 Å². The Morgan fingerprint density at radius 3 is 2.76 bits per heavy atom. The summed E-state index contributed by atoms with van der Waals surface area (Å²) in [6.45, 7) is 6.17. The van der Waals surface area contributed by atoms with Crippen molar-refractivity contribution in [3.8, 4) is 0 Å². The summed E-state index contributed by atoms with van der Waals surface area (Å²) in [7, 11) is 0. The van der Waals surface area contributed by atoms with Crippen molar-refractivity contribution in [2.75, 3.05) is 11.9 Å². The summed E-state index contributed by atoms with van der Waals surface area (Å²) in [4.78, 5) is 19.4. The first-order chi connectivity index (χ1) is 13.7. The zero-order chi connectivity index (χ0) is 20.9. The molecule has 0 spiro atoms. The fourth-order valence-corrected chi connectivity index (χ4v) is 4.93.